The standard InChI is InChI=1S/C15H13Cl2N3O3/c16-10-5-3-6-11(17)13(10)14(15(18)21)19-8-9-4-1-2-7-12(9)20(22)23/h1-7,14,19H,8H2,(H2,18,21). The molecule has 2 aromatic carbocycles. The van der Waals surface area contributed by atoms with Crippen molar-refractivity contribution < 1.29 is 9.72 Å². The number of halogens is 2. The minimum atomic E-state index is -0.962. The highest BCUT2D eigenvalue weighted by atomic mass is 35.5. The molecule has 2 aromatic rings. The summed E-state index contributed by atoms with van der Waals surface area (Å²) in [7, 11) is 0. The number of nitrogens with two attached hydrogens (primary N) is 1. The van der Waals surface area contributed by atoms with E-state index in [1.807, 2.05) is 0 Å². The van der Waals surface area contributed by atoms with E-state index in [-0.39, 0.29) is 22.3 Å². The van der Waals surface area contributed by atoms with Crippen LogP contribution in [0.4, 0.5) is 5.69 Å². The molecule has 6 nitrogen and oxygen atoms in total. The summed E-state index contributed by atoms with van der Waals surface area (Å²) in [6.07, 6.45) is 0. The Morgan fingerprint density at radius 2 is 1.78 bits per heavy atom. The molecule has 0 aliphatic rings. The molecule has 0 saturated carbocycles. The zero-order valence-corrected chi connectivity index (χ0v) is 13.3. The van der Waals surface area contributed by atoms with Crippen LogP contribution in [0.25, 0.3) is 0 Å². The molecule has 1 atom stereocenters. The lowest BCUT2D eigenvalue weighted by molar-refractivity contribution is -0.385. The van der Waals surface area contributed by atoms with Crippen LogP contribution in [0.15, 0.2) is 42.5 Å². The molecule has 0 saturated heterocycles. The smallest absolute Gasteiger partial charge is 0.273 e. The van der Waals surface area contributed by atoms with E-state index < -0.39 is 16.9 Å². The number of carbonyl (C=O) groups is 1. The third-order valence-corrected chi connectivity index (χ3v) is 3.92. The van der Waals surface area contributed by atoms with Crippen LogP contribution >= 0.6 is 23.2 Å². The average Bonchev–Trinajstić information content (AvgIpc) is 2.50. The highest BCUT2D eigenvalue weighted by Gasteiger charge is 2.24. The van der Waals surface area contributed by atoms with Gasteiger partial charge in [0.05, 0.1) is 4.92 Å². The molecular formula is C15H13Cl2N3O3. The van der Waals surface area contributed by atoms with E-state index in [1.54, 1.807) is 36.4 Å². The molecule has 23 heavy (non-hydrogen) atoms. The van der Waals surface area contributed by atoms with Crippen LogP contribution < -0.4 is 11.1 Å². The fourth-order valence-electron chi connectivity index (χ4n) is 2.18. The van der Waals surface area contributed by atoms with E-state index in [0.29, 0.717) is 11.1 Å². The quantitative estimate of drug-likeness (QED) is 0.615. The molecule has 0 aromatic heterocycles. The number of benzene rings is 2. The lowest BCUT2D eigenvalue weighted by Gasteiger charge is -2.18. The molecule has 3 N–H and O–H groups in total. The highest BCUT2D eigenvalue weighted by molar-refractivity contribution is 6.36. The normalized spacial score (nSPS) is 11.9. The Morgan fingerprint density at radius 1 is 1.17 bits per heavy atom. The summed E-state index contributed by atoms with van der Waals surface area (Å²) in [6.45, 7) is 0.0618. The van der Waals surface area contributed by atoms with Crippen LogP contribution in [-0.4, -0.2) is 10.8 Å². The molecule has 2 rings (SSSR count). The van der Waals surface area contributed by atoms with Gasteiger partial charge in [-0.1, -0.05) is 47.5 Å². The van der Waals surface area contributed by atoms with E-state index >= 15 is 0 Å². The van der Waals surface area contributed by atoms with Gasteiger partial charge in [0.2, 0.25) is 5.91 Å². The van der Waals surface area contributed by atoms with Crippen LogP contribution in [0.3, 0.4) is 0 Å². The van der Waals surface area contributed by atoms with Gasteiger partial charge in [0.1, 0.15) is 6.04 Å². The van der Waals surface area contributed by atoms with Crippen molar-refractivity contribution in [1.82, 2.24) is 5.32 Å². The second-order valence-electron chi connectivity index (χ2n) is 4.74. The molecule has 0 aliphatic carbocycles. The summed E-state index contributed by atoms with van der Waals surface area (Å²) in [5.41, 5.74) is 6.14. The van der Waals surface area contributed by atoms with Crippen molar-refractivity contribution in [3.8, 4) is 0 Å². The molecule has 1 amide bonds. The van der Waals surface area contributed by atoms with Crippen molar-refractivity contribution in [1.29, 1.82) is 0 Å². The lowest BCUT2D eigenvalue weighted by Crippen LogP contribution is -2.33. The first-order valence-electron chi connectivity index (χ1n) is 6.60. The lowest BCUT2D eigenvalue weighted by atomic mass is 10.1. The van der Waals surface area contributed by atoms with Crippen molar-refractivity contribution in [2.24, 2.45) is 5.73 Å². The number of primary amides is 1. The number of rotatable bonds is 6. The van der Waals surface area contributed by atoms with Crippen LogP contribution in [0, 0.1) is 10.1 Å². The molecule has 120 valence electrons. The molecule has 0 spiro atoms. The minimum Gasteiger partial charge on any atom is -0.368 e. The molecule has 0 aliphatic heterocycles. The Balaban J connectivity index is 2.29. The van der Waals surface area contributed by atoms with Crippen LogP contribution in [0.2, 0.25) is 10.0 Å². The molecule has 8 heteroatoms. The topological polar surface area (TPSA) is 98.3 Å². The van der Waals surface area contributed by atoms with Gasteiger partial charge in [-0.15, -0.1) is 0 Å². The second-order valence-corrected chi connectivity index (χ2v) is 5.55. The average molecular weight is 354 g/mol. The first kappa shape index (κ1) is 17.2. The molecule has 0 bridgehead atoms. The van der Waals surface area contributed by atoms with Gasteiger partial charge in [-0.05, 0) is 12.1 Å². The van der Waals surface area contributed by atoms with Crippen molar-refractivity contribution in [2.45, 2.75) is 12.6 Å². The highest BCUT2D eigenvalue weighted by Crippen LogP contribution is 2.30. The summed E-state index contributed by atoms with van der Waals surface area (Å²) in [6, 6.07) is 10.1. The first-order chi connectivity index (χ1) is 10.9. The van der Waals surface area contributed by atoms with E-state index in [9.17, 15) is 14.9 Å². The molecule has 1 unspecified atom stereocenters. The number of nitrogens with zero attached hydrogens (tertiary/aromatic N) is 1. The van der Waals surface area contributed by atoms with Crippen LogP contribution in [-0.2, 0) is 11.3 Å². The molecule has 0 fully saturated rings. The first-order valence-corrected chi connectivity index (χ1v) is 7.36. The Kier molecular flexibility index (Phi) is 5.54. The van der Waals surface area contributed by atoms with Crippen LogP contribution in [0.5, 0.6) is 0 Å². The number of hydrogen-bond acceptors (Lipinski definition) is 4. The number of amides is 1. The van der Waals surface area contributed by atoms with Gasteiger partial charge < -0.3 is 5.73 Å². The van der Waals surface area contributed by atoms with Gasteiger partial charge in [-0.25, -0.2) is 0 Å². The Hall–Kier alpha value is -2.15. The molecular weight excluding hydrogens is 341 g/mol. The number of nitrogens with one attached hydrogen (secondary N) is 1. The number of nitro benzene ring substituents is 1. The third kappa shape index (κ3) is 3.98. The van der Waals surface area contributed by atoms with E-state index in [1.165, 1.54) is 6.07 Å². The number of para-hydroxylation sites is 1. The Morgan fingerprint density at radius 3 is 2.35 bits per heavy atom. The second kappa shape index (κ2) is 7.41. The zero-order chi connectivity index (χ0) is 17.0. The predicted molar refractivity (Wildman–Crippen MR) is 88.3 cm³/mol. The van der Waals surface area contributed by atoms with E-state index in [0.717, 1.165) is 0 Å². The summed E-state index contributed by atoms with van der Waals surface area (Å²) < 4.78 is 0. The summed E-state index contributed by atoms with van der Waals surface area (Å²) in [5.74, 6) is -0.682. The number of carbonyl (C=O) groups excluding carboxylic acids is 1. The third-order valence-electron chi connectivity index (χ3n) is 3.26. The van der Waals surface area contributed by atoms with Gasteiger partial charge in [0.25, 0.3) is 5.69 Å². The van der Waals surface area contributed by atoms with Gasteiger partial charge in [-0.3, -0.25) is 20.2 Å². The summed E-state index contributed by atoms with van der Waals surface area (Å²) in [5, 5.41) is 14.5. The van der Waals surface area contributed by atoms with E-state index in [4.69, 9.17) is 28.9 Å². The van der Waals surface area contributed by atoms with Crippen molar-refractivity contribution in [3.63, 3.8) is 0 Å². The van der Waals surface area contributed by atoms with Crippen molar-refractivity contribution in [3.05, 3.63) is 73.8 Å². The molecule has 0 radical (unpaired) electrons. The van der Waals surface area contributed by atoms with Gasteiger partial charge in [0, 0.05) is 33.8 Å². The Bertz CT molecular complexity index is 732. The maximum Gasteiger partial charge on any atom is 0.273 e. The largest absolute Gasteiger partial charge is 0.368 e. The Labute approximate surface area is 142 Å². The number of hydrogen-bond donors (Lipinski definition) is 2. The SMILES string of the molecule is NC(=O)C(NCc1ccccc1[N+](=O)[O-])c1c(Cl)cccc1Cl. The monoisotopic (exact) mass is 353 g/mol. The predicted octanol–water partition coefficient (Wildman–Crippen LogP) is 3.22. The van der Waals surface area contributed by atoms with Crippen molar-refractivity contribution >= 4 is 34.8 Å². The van der Waals surface area contributed by atoms with Gasteiger partial charge in [-0.2, -0.15) is 0 Å². The fourth-order valence-corrected chi connectivity index (χ4v) is 2.80. The zero-order valence-electron chi connectivity index (χ0n) is 11.8. The maximum absolute atomic E-state index is 11.8. The number of nitro groups is 1. The summed E-state index contributed by atoms with van der Waals surface area (Å²) >= 11 is 12.2. The fraction of sp³-hybridized carbons (Fsp3) is 0.133. The van der Waals surface area contributed by atoms with Crippen molar-refractivity contribution in [2.75, 3.05) is 0 Å². The summed E-state index contributed by atoms with van der Waals surface area (Å²) in [4.78, 5) is 22.3. The minimum absolute atomic E-state index is 0.0477. The van der Waals surface area contributed by atoms with Gasteiger partial charge in [0.15, 0.2) is 0 Å². The maximum atomic E-state index is 11.8. The van der Waals surface area contributed by atoms with E-state index in [2.05, 4.69) is 5.32 Å². The van der Waals surface area contributed by atoms with Crippen LogP contribution in [0.1, 0.15) is 17.2 Å². The molecule has 0 heterocycles. The van der Waals surface area contributed by atoms with Gasteiger partial charge >= 0.3 is 0 Å².